The highest BCUT2D eigenvalue weighted by molar-refractivity contribution is 7.85. The summed E-state index contributed by atoms with van der Waals surface area (Å²) >= 11 is 0. The van der Waals surface area contributed by atoms with E-state index in [1.807, 2.05) is 0 Å². The van der Waals surface area contributed by atoms with E-state index in [2.05, 4.69) is 4.72 Å². The topological polar surface area (TPSA) is 79.0 Å². The molecule has 2 aromatic rings. The number of fused-ring (bicyclic) bond motifs is 1. The molecule has 2 aromatic carbocycles. The van der Waals surface area contributed by atoms with Crippen molar-refractivity contribution in [3.63, 3.8) is 0 Å². The maximum atomic E-state index is 13.4. The molecule has 0 saturated carbocycles. The summed E-state index contributed by atoms with van der Waals surface area (Å²) in [4.78, 5) is 28.3. The molecule has 1 aliphatic rings. The molecule has 0 aromatic heterocycles. The van der Waals surface area contributed by atoms with E-state index in [1.54, 1.807) is 32.0 Å². The van der Waals surface area contributed by atoms with E-state index in [0.717, 1.165) is 0 Å². The van der Waals surface area contributed by atoms with E-state index in [4.69, 9.17) is 4.74 Å². The molecule has 0 spiro atoms. The minimum atomic E-state index is -5.04. The fraction of sp³-hybridized carbons (Fsp3) is 0.462. The van der Waals surface area contributed by atoms with Crippen LogP contribution in [0.4, 0.5) is 42.5 Å². The summed E-state index contributed by atoms with van der Waals surface area (Å²) in [7, 11) is -1.46. The van der Waals surface area contributed by atoms with E-state index in [9.17, 15) is 40.1 Å². The highest BCUT2D eigenvalue weighted by Crippen LogP contribution is 2.41. The molecule has 1 heterocycles. The predicted octanol–water partition coefficient (Wildman–Crippen LogP) is 6.66. The Morgan fingerprint density at radius 2 is 1.68 bits per heavy atom. The van der Waals surface area contributed by atoms with Crippen molar-refractivity contribution in [1.82, 2.24) is 4.90 Å². The van der Waals surface area contributed by atoms with Gasteiger partial charge in [-0.05, 0) is 68.1 Å². The third-order valence-electron chi connectivity index (χ3n) is 6.14. The summed E-state index contributed by atoms with van der Waals surface area (Å²) in [6, 6.07) is 5.12. The lowest BCUT2D eigenvalue weighted by atomic mass is 9.97. The first kappa shape index (κ1) is 31.2. The normalized spacial score (nSPS) is 16.7. The second kappa shape index (κ2) is 12.1. The number of rotatable bonds is 6. The Balaban J connectivity index is 2.12. The summed E-state index contributed by atoms with van der Waals surface area (Å²) in [6.07, 6.45) is -9.19. The van der Waals surface area contributed by atoms with Crippen LogP contribution >= 0.6 is 0 Å². The van der Waals surface area contributed by atoms with Crippen molar-refractivity contribution < 1.29 is 44.9 Å². The maximum Gasteiger partial charge on any atom is 0.416 e. The van der Waals surface area contributed by atoms with E-state index in [0.29, 0.717) is 35.5 Å². The number of hydrogen-bond donors (Lipinski definition) is 1. The second-order valence-electron chi connectivity index (χ2n) is 9.63. The van der Waals surface area contributed by atoms with Crippen LogP contribution < -0.4 is 9.62 Å². The number of carbonyl (C=O) groups is 2. The van der Waals surface area contributed by atoms with Crippen LogP contribution in [0.15, 0.2) is 36.4 Å². The minimum Gasteiger partial charge on any atom is -0.446 e. The first-order chi connectivity index (χ1) is 18.5. The van der Waals surface area contributed by atoms with Crippen LogP contribution in [0.3, 0.4) is 0 Å². The average molecular weight is 594 g/mol. The number of amides is 2. The molecule has 2 unspecified atom stereocenters. The number of nitrogens with zero attached hydrogens (tertiary/aromatic N) is 2. The monoisotopic (exact) mass is 593 g/mol. The maximum absolute atomic E-state index is 13.4. The summed E-state index contributed by atoms with van der Waals surface area (Å²) in [5.41, 5.74) is -2.16. The van der Waals surface area contributed by atoms with Gasteiger partial charge in [0.25, 0.3) is 0 Å². The molecule has 40 heavy (non-hydrogen) atoms. The molecule has 7 nitrogen and oxygen atoms in total. The van der Waals surface area contributed by atoms with Gasteiger partial charge in [0.2, 0.25) is 5.91 Å². The third-order valence-corrected chi connectivity index (χ3v) is 6.66. The van der Waals surface area contributed by atoms with Crippen LogP contribution in [0.25, 0.3) is 0 Å². The Hall–Kier alpha value is -3.29. The fourth-order valence-electron chi connectivity index (χ4n) is 4.53. The molecule has 2 atom stereocenters. The Morgan fingerprint density at radius 1 is 1.07 bits per heavy atom. The molecule has 0 fully saturated rings. The molecular weight excluding hydrogens is 564 g/mol. The standard InChI is InChI=1S/C26H29F6N3O4S/c1-15(2)39-24(37)34-9-5-6-22(21-8-7-20(13-23(21)34)33-40(4)38)35(16(3)36)14-17-10-18(25(27,28)29)12-19(11-17)26(30,31)32/h7-8,10-13,15,22,33H,5-6,9,14H2,1-4H3. The Kier molecular flexibility index (Phi) is 9.42. The molecule has 14 heteroatoms. The van der Waals surface area contributed by atoms with Crippen molar-refractivity contribution in [3.05, 3.63) is 58.7 Å². The molecular formula is C26H29F6N3O4S. The van der Waals surface area contributed by atoms with E-state index < -0.39 is 65.2 Å². The second-order valence-corrected chi connectivity index (χ2v) is 10.7. The molecule has 1 N–H and O–H groups in total. The quantitative estimate of drug-likeness (QED) is 0.380. The van der Waals surface area contributed by atoms with Crippen LogP contribution in [0.1, 0.15) is 61.9 Å². The first-order valence-electron chi connectivity index (χ1n) is 12.2. The summed E-state index contributed by atoms with van der Waals surface area (Å²) in [5, 5.41) is 0. The number of alkyl halides is 6. The number of anilines is 2. The smallest absolute Gasteiger partial charge is 0.416 e. The van der Waals surface area contributed by atoms with Gasteiger partial charge in [0, 0.05) is 32.0 Å². The highest BCUT2D eigenvalue weighted by Gasteiger charge is 2.38. The van der Waals surface area contributed by atoms with Crippen LogP contribution in [0.5, 0.6) is 0 Å². The van der Waals surface area contributed by atoms with E-state index >= 15 is 0 Å². The average Bonchev–Trinajstić information content (AvgIpc) is 2.99. The zero-order valence-electron chi connectivity index (χ0n) is 22.2. The number of benzene rings is 2. The first-order valence-corrected chi connectivity index (χ1v) is 13.8. The molecule has 0 bridgehead atoms. The summed E-state index contributed by atoms with van der Waals surface area (Å²) < 4.78 is 101. The molecule has 3 rings (SSSR count). The number of halogens is 6. The number of hydrogen-bond acceptors (Lipinski definition) is 4. The molecule has 2 amide bonds. The van der Waals surface area contributed by atoms with Crippen molar-refractivity contribution in [2.24, 2.45) is 0 Å². The Bertz CT molecular complexity index is 1250. The largest absolute Gasteiger partial charge is 0.446 e. The van der Waals surface area contributed by atoms with Gasteiger partial charge in [-0.15, -0.1) is 0 Å². The molecule has 0 radical (unpaired) electrons. The van der Waals surface area contributed by atoms with Gasteiger partial charge in [-0.25, -0.2) is 9.00 Å². The summed E-state index contributed by atoms with van der Waals surface area (Å²) in [5.74, 6) is -0.586. The lowest BCUT2D eigenvalue weighted by Crippen LogP contribution is -2.35. The van der Waals surface area contributed by atoms with Crippen molar-refractivity contribution in [2.75, 3.05) is 22.4 Å². The molecule has 220 valence electrons. The van der Waals surface area contributed by atoms with E-state index in [-0.39, 0.29) is 24.6 Å². The van der Waals surface area contributed by atoms with Crippen molar-refractivity contribution >= 4 is 34.4 Å². The zero-order valence-corrected chi connectivity index (χ0v) is 23.0. The minimum absolute atomic E-state index is 0.0347. The number of nitrogens with one attached hydrogen (secondary N) is 1. The van der Waals surface area contributed by atoms with Crippen LogP contribution in [0.2, 0.25) is 0 Å². The Labute approximate surface area is 230 Å². The molecule has 0 saturated heterocycles. The van der Waals surface area contributed by atoms with E-state index in [1.165, 1.54) is 23.0 Å². The highest BCUT2D eigenvalue weighted by atomic mass is 32.2. The summed E-state index contributed by atoms with van der Waals surface area (Å²) in [6.45, 7) is 4.13. The van der Waals surface area contributed by atoms with Gasteiger partial charge >= 0.3 is 18.4 Å². The molecule has 0 aliphatic carbocycles. The van der Waals surface area contributed by atoms with Gasteiger partial charge in [-0.1, -0.05) is 6.07 Å². The third kappa shape index (κ3) is 7.67. The van der Waals surface area contributed by atoms with Gasteiger partial charge in [0.05, 0.1) is 29.0 Å². The molecule has 1 aliphatic heterocycles. The SMILES string of the molecule is CC(=O)N(Cc1cc(C(F)(F)F)cc(C(F)(F)F)c1)C1CCCN(C(=O)OC(C)C)c2cc(NS(C)=O)ccc21. The van der Waals surface area contributed by atoms with Gasteiger partial charge < -0.3 is 14.4 Å². The van der Waals surface area contributed by atoms with Crippen molar-refractivity contribution in [2.45, 2.75) is 64.7 Å². The lowest BCUT2D eigenvalue weighted by molar-refractivity contribution is -0.143. The van der Waals surface area contributed by atoms with Gasteiger partial charge in [0.1, 0.15) is 11.0 Å². The zero-order chi connectivity index (χ0) is 30.0. The van der Waals surface area contributed by atoms with Crippen LogP contribution in [-0.4, -0.2) is 40.0 Å². The van der Waals surface area contributed by atoms with Gasteiger partial charge in [-0.3, -0.25) is 9.69 Å². The van der Waals surface area contributed by atoms with Crippen molar-refractivity contribution in [1.29, 1.82) is 0 Å². The van der Waals surface area contributed by atoms with Crippen LogP contribution in [-0.2, 0) is 39.4 Å². The Morgan fingerprint density at radius 3 is 2.17 bits per heavy atom. The number of carbonyl (C=O) groups excluding carboxylic acids is 2. The lowest BCUT2D eigenvalue weighted by Gasteiger charge is -2.33. The fourth-order valence-corrected chi connectivity index (χ4v) is 4.99. The van der Waals surface area contributed by atoms with Gasteiger partial charge in [0.15, 0.2) is 0 Å². The van der Waals surface area contributed by atoms with Crippen LogP contribution in [0, 0.1) is 0 Å². The van der Waals surface area contributed by atoms with Crippen molar-refractivity contribution in [3.8, 4) is 0 Å². The van der Waals surface area contributed by atoms with Gasteiger partial charge in [-0.2, -0.15) is 26.3 Å². The predicted molar refractivity (Wildman–Crippen MR) is 138 cm³/mol. The number of ether oxygens (including phenoxy) is 1.